The summed E-state index contributed by atoms with van der Waals surface area (Å²) < 4.78 is 1.85. The van der Waals surface area contributed by atoms with Gasteiger partial charge in [0.25, 0.3) is 5.91 Å². The fraction of sp³-hybridized carbons (Fsp3) is 0.500. The number of aromatic nitrogens is 4. The third kappa shape index (κ3) is 3.97. The molecule has 3 N–H and O–H groups in total. The Morgan fingerprint density at radius 1 is 1.15 bits per heavy atom. The van der Waals surface area contributed by atoms with Gasteiger partial charge in [0.05, 0.1) is 23.6 Å². The van der Waals surface area contributed by atoms with Gasteiger partial charge in [0, 0.05) is 5.92 Å². The molecule has 0 aromatic carbocycles. The second-order valence-electron chi connectivity index (χ2n) is 7.10. The first-order chi connectivity index (χ1) is 13.1. The highest BCUT2D eigenvalue weighted by Crippen LogP contribution is 2.30. The molecule has 2 fully saturated rings. The summed E-state index contributed by atoms with van der Waals surface area (Å²) in [5.74, 6) is 0.295. The highest BCUT2D eigenvalue weighted by atomic mass is 16.2. The topological polar surface area (TPSA) is 114 Å². The van der Waals surface area contributed by atoms with Gasteiger partial charge >= 0.3 is 0 Å². The molecule has 4 rings (SSSR count). The lowest BCUT2D eigenvalue weighted by Gasteiger charge is -2.23. The lowest BCUT2D eigenvalue weighted by molar-refractivity contribution is -0.117. The monoisotopic (exact) mass is 369 g/mol. The molecule has 3 heterocycles. The average molecular weight is 369 g/mol. The minimum absolute atomic E-state index is 0.00411. The Morgan fingerprint density at radius 3 is 2.59 bits per heavy atom. The van der Waals surface area contributed by atoms with Crippen LogP contribution in [0.5, 0.6) is 0 Å². The highest BCUT2D eigenvalue weighted by Gasteiger charge is 2.29. The van der Waals surface area contributed by atoms with Crippen LogP contribution in [0.2, 0.25) is 0 Å². The predicted octanol–water partition coefficient (Wildman–Crippen LogP) is 1.51. The van der Waals surface area contributed by atoms with Crippen LogP contribution in [-0.2, 0) is 4.79 Å². The molecule has 27 heavy (non-hydrogen) atoms. The number of nitrogens with zero attached hydrogens (tertiary/aromatic N) is 4. The maximum absolute atomic E-state index is 12.6. The first-order valence-electron chi connectivity index (χ1n) is 9.32. The lowest BCUT2D eigenvalue weighted by Crippen LogP contribution is -2.30. The standard InChI is InChI=1S/C18H23N7O2/c1-11-16(23-24-25(11)14-6-8-19-9-7-14)18(27)21-13-4-5-15(20-10-13)22-17(26)12-2-3-12/h4-5,10,12,14,19H,2-3,6-9H2,1H3,(H,21,27)(H,20,22,26). The second kappa shape index (κ2) is 7.43. The minimum atomic E-state index is -0.316. The van der Waals surface area contributed by atoms with E-state index >= 15 is 0 Å². The van der Waals surface area contributed by atoms with Gasteiger partial charge in [-0.05, 0) is 57.8 Å². The van der Waals surface area contributed by atoms with E-state index in [1.807, 2.05) is 11.6 Å². The van der Waals surface area contributed by atoms with Crippen LogP contribution in [0.15, 0.2) is 18.3 Å². The summed E-state index contributed by atoms with van der Waals surface area (Å²) in [6.45, 7) is 3.76. The Morgan fingerprint density at radius 2 is 1.93 bits per heavy atom. The fourth-order valence-electron chi connectivity index (χ4n) is 3.25. The van der Waals surface area contributed by atoms with Crippen molar-refractivity contribution >= 4 is 23.3 Å². The van der Waals surface area contributed by atoms with Gasteiger partial charge in [-0.3, -0.25) is 9.59 Å². The van der Waals surface area contributed by atoms with Gasteiger partial charge in [-0.1, -0.05) is 5.21 Å². The van der Waals surface area contributed by atoms with Gasteiger partial charge in [0.2, 0.25) is 5.91 Å². The van der Waals surface area contributed by atoms with Crippen molar-refractivity contribution in [1.82, 2.24) is 25.3 Å². The molecule has 1 aliphatic carbocycles. The van der Waals surface area contributed by atoms with Gasteiger partial charge in [-0.25, -0.2) is 9.67 Å². The number of hydrogen-bond donors (Lipinski definition) is 3. The smallest absolute Gasteiger partial charge is 0.278 e. The molecule has 2 aromatic heterocycles. The van der Waals surface area contributed by atoms with Crippen molar-refractivity contribution in [3.8, 4) is 0 Å². The molecular formula is C18H23N7O2. The molecule has 0 bridgehead atoms. The van der Waals surface area contributed by atoms with Gasteiger partial charge in [0.15, 0.2) is 5.69 Å². The summed E-state index contributed by atoms with van der Waals surface area (Å²) in [7, 11) is 0. The van der Waals surface area contributed by atoms with E-state index in [-0.39, 0.29) is 23.8 Å². The summed E-state index contributed by atoms with van der Waals surface area (Å²) in [4.78, 5) is 28.5. The van der Waals surface area contributed by atoms with E-state index < -0.39 is 0 Å². The molecule has 1 saturated carbocycles. The summed E-state index contributed by atoms with van der Waals surface area (Å²) in [6, 6.07) is 3.66. The van der Waals surface area contributed by atoms with Crippen molar-refractivity contribution in [2.75, 3.05) is 23.7 Å². The van der Waals surface area contributed by atoms with Gasteiger partial charge in [-0.15, -0.1) is 5.10 Å². The number of carbonyl (C=O) groups is 2. The van der Waals surface area contributed by atoms with Crippen LogP contribution in [0.3, 0.4) is 0 Å². The van der Waals surface area contributed by atoms with Crippen LogP contribution in [0.1, 0.15) is 47.9 Å². The molecular weight excluding hydrogens is 346 g/mol. The molecule has 2 amide bonds. The Labute approximate surface area is 156 Å². The van der Waals surface area contributed by atoms with Crippen LogP contribution in [0.4, 0.5) is 11.5 Å². The molecule has 0 spiro atoms. The maximum atomic E-state index is 12.6. The summed E-state index contributed by atoms with van der Waals surface area (Å²) >= 11 is 0. The molecule has 9 nitrogen and oxygen atoms in total. The van der Waals surface area contributed by atoms with E-state index in [4.69, 9.17) is 0 Å². The molecule has 1 aliphatic heterocycles. The molecule has 0 unspecified atom stereocenters. The van der Waals surface area contributed by atoms with Crippen molar-refractivity contribution in [1.29, 1.82) is 0 Å². The normalized spacial score (nSPS) is 17.5. The lowest BCUT2D eigenvalue weighted by atomic mass is 10.1. The molecule has 0 atom stereocenters. The zero-order valence-electron chi connectivity index (χ0n) is 15.2. The second-order valence-corrected chi connectivity index (χ2v) is 7.10. The fourth-order valence-corrected chi connectivity index (χ4v) is 3.25. The third-order valence-corrected chi connectivity index (χ3v) is 5.02. The zero-order chi connectivity index (χ0) is 18.8. The van der Waals surface area contributed by atoms with Crippen molar-refractivity contribution < 1.29 is 9.59 Å². The number of pyridine rings is 1. The number of piperidine rings is 1. The first-order valence-corrected chi connectivity index (χ1v) is 9.32. The maximum Gasteiger partial charge on any atom is 0.278 e. The molecule has 1 saturated heterocycles. The zero-order valence-corrected chi connectivity index (χ0v) is 15.2. The Bertz CT molecular complexity index is 836. The van der Waals surface area contributed by atoms with Crippen LogP contribution in [-0.4, -0.2) is 44.9 Å². The van der Waals surface area contributed by atoms with Gasteiger partial charge in [0.1, 0.15) is 5.82 Å². The van der Waals surface area contributed by atoms with Crippen LogP contribution < -0.4 is 16.0 Å². The highest BCUT2D eigenvalue weighted by molar-refractivity contribution is 6.03. The van der Waals surface area contributed by atoms with Gasteiger partial charge < -0.3 is 16.0 Å². The van der Waals surface area contributed by atoms with E-state index in [0.717, 1.165) is 44.5 Å². The number of hydrogen-bond acceptors (Lipinski definition) is 6. The third-order valence-electron chi connectivity index (χ3n) is 5.02. The number of amides is 2. The van der Waals surface area contributed by atoms with Crippen LogP contribution >= 0.6 is 0 Å². The Kier molecular flexibility index (Phi) is 4.85. The van der Waals surface area contributed by atoms with E-state index in [1.165, 1.54) is 6.20 Å². The van der Waals surface area contributed by atoms with E-state index in [2.05, 4.69) is 31.2 Å². The number of nitrogens with one attached hydrogen (secondary N) is 3. The molecule has 9 heteroatoms. The first kappa shape index (κ1) is 17.6. The van der Waals surface area contributed by atoms with Crippen molar-refractivity contribution in [3.63, 3.8) is 0 Å². The Balaban J connectivity index is 1.40. The largest absolute Gasteiger partial charge is 0.319 e. The predicted molar refractivity (Wildman–Crippen MR) is 99.4 cm³/mol. The molecule has 0 radical (unpaired) electrons. The van der Waals surface area contributed by atoms with Crippen molar-refractivity contribution in [2.45, 2.75) is 38.6 Å². The van der Waals surface area contributed by atoms with Crippen LogP contribution in [0, 0.1) is 12.8 Å². The number of carbonyl (C=O) groups excluding carboxylic acids is 2. The SMILES string of the molecule is Cc1c(C(=O)Nc2ccc(NC(=O)C3CC3)nc2)nnn1C1CCNCC1. The quantitative estimate of drug-likeness (QED) is 0.736. The Hall–Kier alpha value is -2.81. The number of rotatable bonds is 5. The average Bonchev–Trinajstić information content (AvgIpc) is 3.46. The van der Waals surface area contributed by atoms with E-state index in [0.29, 0.717) is 17.2 Å². The van der Waals surface area contributed by atoms with E-state index in [9.17, 15) is 9.59 Å². The van der Waals surface area contributed by atoms with Crippen molar-refractivity contribution in [3.05, 3.63) is 29.7 Å². The van der Waals surface area contributed by atoms with Crippen LogP contribution in [0.25, 0.3) is 0 Å². The summed E-state index contributed by atoms with van der Waals surface area (Å²) in [6.07, 6.45) is 5.36. The summed E-state index contributed by atoms with van der Waals surface area (Å²) in [5.41, 5.74) is 1.63. The minimum Gasteiger partial charge on any atom is -0.319 e. The van der Waals surface area contributed by atoms with E-state index in [1.54, 1.807) is 12.1 Å². The number of anilines is 2. The molecule has 2 aromatic rings. The van der Waals surface area contributed by atoms with Gasteiger partial charge in [-0.2, -0.15) is 0 Å². The molecule has 142 valence electrons. The van der Waals surface area contributed by atoms with Crippen molar-refractivity contribution in [2.24, 2.45) is 5.92 Å². The summed E-state index contributed by atoms with van der Waals surface area (Å²) in [5, 5.41) is 17.1. The molecule has 2 aliphatic rings.